The zero-order chi connectivity index (χ0) is 22.5. The van der Waals surface area contributed by atoms with E-state index in [2.05, 4.69) is 10.0 Å². The minimum Gasteiger partial charge on any atom is -0.495 e. The van der Waals surface area contributed by atoms with E-state index < -0.39 is 15.9 Å². The molecule has 2 rings (SSSR count). The lowest BCUT2D eigenvalue weighted by atomic mass is 10.2. The second-order valence-electron chi connectivity index (χ2n) is 7.45. The van der Waals surface area contributed by atoms with E-state index in [4.69, 9.17) is 21.1 Å². The summed E-state index contributed by atoms with van der Waals surface area (Å²) in [6.07, 6.45) is 0. The summed E-state index contributed by atoms with van der Waals surface area (Å²) in [5.74, 6) is 0.548. The second kappa shape index (κ2) is 10.1. The van der Waals surface area contributed by atoms with Crippen LogP contribution in [0, 0.1) is 5.92 Å². The number of amides is 1. The smallest absolute Gasteiger partial charge is 0.255 e. The number of nitrogens with one attached hydrogen (secondary N) is 2. The van der Waals surface area contributed by atoms with Gasteiger partial charge in [-0.2, -0.15) is 0 Å². The molecule has 2 aromatic rings. The fourth-order valence-corrected chi connectivity index (χ4v) is 4.24. The lowest BCUT2D eigenvalue weighted by Crippen LogP contribution is -2.30. The molecular weight excluding hydrogens is 428 g/mol. The summed E-state index contributed by atoms with van der Waals surface area (Å²) in [5.41, 5.74) is 0.624. The Kier molecular flexibility index (Phi) is 8.11. The van der Waals surface area contributed by atoms with Gasteiger partial charge in [0.15, 0.2) is 0 Å². The fourth-order valence-electron chi connectivity index (χ4n) is 2.56. The van der Waals surface area contributed by atoms with Gasteiger partial charge in [-0.05, 0) is 56.2 Å². The minimum atomic E-state index is -3.85. The van der Waals surface area contributed by atoms with Crippen LogP contribution in [0.3, 0.4) is 0 Å². The van der Waals surface area contributed by atoms with Crippen molar-refractivity contribution in [3.63, 3.8) is 0 Å². The van der Waals surface area contributed by atoms with Crippen molar-refractivity contribution in [1.29, 1.82) is 0 Å². The summed E-state index contributed by atoms with van der Waals surface area (Å²) in [7, 11) is -2.48. The van der Waals surface area contributed by atoms with Gasteiger partial charge in [0.2, 0.25) is 10.0 Å². The maximum Gasteiger partial charge on any atom is 0.255 e. The van der Waals surface area contributed by atoms with Gasteiger partial charge in [0.05, 0.1) is 18.7 Å². The van der Waals surface area contributed by atoms with Gasteiger partial charge < -0.3 is 14.8 Å². The van der Waals surface area contributed by atoms with Crippen LogP contribution in [0.2, 0.25) is 5.02 Å². The topological polar surface area (TPSA) is 93.7 Å². The molecule has 0 radical (unpaired) electrons. The van der Waals surface area contributed by atoms with Crippen molar-refractivity contribution in [2.45, 2.75) is 38.6 Å². The van der Waals surface area contributed by atoms with Gasteiger partial charge in [-0.1, -0.05) is 25.4 Å². The molecule has 164 valence electrons. The first-order chi connectivity index (χ1) is 14.0. The number of hydrogen-bond acceptors (Lipinski definition) is 5. The maximum absolute atomic E-state index is 12.7. The number of methoxy groups -OCH3 is 1. The average Bonchev–Trinajstić information content (AvgIpc) is 2.65. The second-order valence-corrected chi connectivity index (χ2v) is 9.54. The number of benzene rings is 2. The lowest BCUT2D eigenvalue weighted by molar-refractivity contribution is 0.102. The molecule has 0 unspecified atom stereocenters. The van der Waals surface area contributed by atoms with Crippen LogP contribution < -0.4 is 19.5 Å². The molecule has 0 aliphatic heterocycles. The first-order valence-electron chi connectivity index (χ1n) is 9.47. The number of hydrogen-bond donors (Lipinski definition) is 2. The molecule has 0 atom stereocenters. The van der Waals surface area contributed by atoms with Gasteiger partial charge in [-0.3, -0.25) is 4.79 Å². The van der Waals surface area contributed by atoms with Gasteiger partial charge in [-0.15, -0.1) is 0 Å². The van der Waals surface area contributed by atoms with E-state index in [0.717, 1.165) is 0 Å². The zero-order valence-corrected chi connectivity index (χ0v) is 19.2. The Morgan fingerprint density at radius 3 is 2.30 bits per heavy atom. The summed E-state index contributed by atoms with van der Waals surface area (Å²) in [6, 6.07) is 8.83. The Balaban J connectivity index is 2.25. The molecule has 0 fully saturated rings. The van der Waals surface area contributed by atoms with Crippen LogP contribution in [0.25, 0.3) is 0 Å². The molecule has 30 heavy (non-hydrogen) atoms. The van der Waals surface area contributed by atoms with E-state index in [9.17, 15) is 13.2 Å². The molecule has 1 amide bonds. The van der Waals surface area contributed by atoms with Crippen LogP contribution in [0.5, 0.6) is 11.5 Å². The van der Waals surface area contributed by atoms with E-state index in [1.807, 2.05) is 13.8 Å². The van der Waals surface area contributed by atoms with Gasteiger partial charge in [0.1, 0.15) is 16.4 Å². The zero-order valence-electron chi connectivity index (χ0n) is 17.7. The predicted octanol–water partition coefficient (Wildman–Crippen LogP) is 4.32. The van der Waals surface area contributed by atoms with Gasteiger partial charge in [0.25, 0.3) is 5.91 Å². The molecule has 7 nitrogen and oxygen atoms in total. The van der Waals surface area contributed by atoms with Gasteiger partial charge >= 0.3 is 0 Å². The Bertz CT molecular complexity index is 1010. The number of carbonyl (C=O) groups is 1. The fraction of sp³-hybridized carbons (Fsp3) is 0.381. The summed E-state index contributed by atoms with van der Waals surface area (Å²) in [4.78, 5) is 12.6. The van der Waals surface area contributed by atoms with Crippen molar-refractivity contribution in [1.82, 2.24) is 4.72 Å². The average molecular weight is 455 g/mol. The Hall–Kier alpha value is -2.29. The van der Waals surface area contributed by atoms with Crippen LogP contribution in [0.15, 0.2) is 41.3 Å². The number of sulfonamides is 1. The van der Waals surface area contributed by atoms with Crippen molar-refractivity contribution >= 4 is 33.2 Å². The van der Waals surface area contributed by atoms with Crippen LogP contribution in [-0.2, 0) is 10.0 Å². The molecule has 2 N–H and O–H groups in total. The molecule has 0 saturated heterocycles. The Morgan fingerprint density at radius 1 is 1.07 bits per heavy atom. The van der Waals surface area contributed by atoms with Crippen molar-refractivity contribution in [3.05, 3.63) is 47.0 Å². The molecule has 0 aliphatic carbocycles. The highest BCUT2D eigenvalue weighted by Gasteiger charge is 2.22. The Morgan fingerprint density at radius 2 is 1.73 bits per heavy atom. The number of carbonyl (C=O) groups excluding carboxylic acids is 1. The van der Waals surface area contributed by atoms with Gasteiger partial charge in [0, 0.05) is 17.3 Å². The minimum absolute atomic E-state index is 0.109. The van der Waals surface area contributed by atoms with Crippen molar-refractivity contribution < 1.29 is 22.7 Å². The molecule has 0 heterocycles. The number of halogens is 1. The summed E-state index contributed by atoms with van der Waals surface area (Å²) >= 11 is 6.23. The third-order valence-corrected chi connectivity index (χ3v) is 5.84. The molecule has 9 heteroatoms. The monoisotopic (exact) mass is 454 g/mol. The first kappa shape index (κ1) is 24.0. The van der Waals surface area contributed by atoms with E-state index in [0.29, 0.717) is 29.0 Å². The molecule has 0 saturated carbocycles. The maximum atomic E-state index is 12.7. The highest BCUT2D eigenvalue weighted by atomic mass is 35.5. The van der Waals surface area contributed by atoms with Crippen molar-refractivity contribution in [2.75, 3.05) is 19.0 Å². The quantitative estimate of drug-likeness (QED) is 0.588. The predicted molar refractivity (Wildman–Crippen MR) is 118 cm³/mol. The van der Waals surface area contributed by atoms with Crippen LogP contribution in [-0.4, -0.2) is 34.1 Å². The van der Waals surface area contributed by atoms with Crippen molar-refractivity contribution in [2.24, 2.45) is 5.92 Å². The number of rotatable bonds is 9. The third kappa shape index (κ3) is 6.35. The van der Waals surface area contributed by atoms with E-state index in [1.165, 1.54) is 25.3 Å². The third-order valence-electron chi connectivity index (χ3n) is 3.87. The summed E-state index contributed by atoms with van der Waals surface area (Å²) in [6.45, 7) is 8.00. The molecule has 0 aromatic heterocycles. The highest BCUT2D eigenvalue weighted by Crippen LogP contribution is 2.29. The van der Waals surface area contributed by atoms with Crippen LogP contribution in [0.1, 0.15) is 38.1 Å². The first-order valence-corrected chi connectivity index (χ1v) is 11.3. The molecule has 2 aromatic carbocycles. The van der Waals surface area contributed by atoms with E-state index >= 15 is 0 Å². The standard InChI is InChI=1S/C21H27ClN2O5S/c1-13(2)12-29-18-9-7-16(11-17(18)22)23-21(25)15-6-8-19(28-5)20(10-15)30(26,27)24-14(3)4/h6-11,13-14,24H,12H2,1-5H3,(H,23,25). The molecule has 0 aliphatic rings. The number of ether oxygens (including phenoxy) is 2. The van der Waals surface area contributed by atoms with Crippen LogP contribution >= 0.6 is 11.6 Å². The molecule has 0 spiro atoms. The molecular formula is C21H27ClN2O5S. The Labute approximate surface area is 182 Å². The van der Waals surface area contributed by atoms with Crippen LogP contribution in [0.4, 0.5) is 5.69 Å². The largest absolute Gasteiger partial charge is 0.495 e. The van der Waals surface area contributed by atoms with Crippen molar-refractivity contribution in [3.8, 4) is 11.5 Å². The summed E-state index contributed by atoms with van der Waals surface area (Å²) < 4.78 is 38.4. The normalized spacial score (nSPS) is 11.6. The lowest BCUT2D eigenvalue weighted by Gasteiger charge is -2.14. The number of anilines is 1. The van der Waals surface area contributed by atoms with E-state index in [-0.39, 0.29) is 22.3 Å². The summed E-state index contributed by atoms with van der Waals surface area (Å²) in [5, 5.41) is 3.08. The van der Waals surface area contributed by atoms with E-state index in [1.54, 1.807) is 32.0 Å². The molecule has 0 bridgehead atoms. The SMILES string of the molecule is COc1ccc(C(=O)Nc2ccc(OCC(C)C)c(Cl)c2)cc1S(=O)(=O)NC(C)C. The highest BCUT2D eigenvalue weighted by molar-refractivity contribution is 7.89. The van der Waals surface area contributed by atoms with Gasteiger partial charge in [-0.25, -0.2) is 13.1 Å².